The van der Waals surface area contributed by atoms with Gasteiger partial charge in [-0.3, -0.25) is 9.00 Å². The molecular weight excluding hydrogens is 236 g/mol. The molecule has 0 spiro atoms. The molecule has 1 aromatic rings. The summed E-state index contributed by atoms with van der Waals surface area (Å²) in [7, 11) is -1.21. The van der Waals surface area contributed by atoms with E-state index in [0.717, 1.165) is 0 Å². The Morgan fingerprint density at radius 2 is 2.47 bits per heavy atom. The maximum atomic E-state index is 11.3. The standard InChI is InChI=1S/C8H12N2O3S2/c11-3-1-5-15(13)6-7(12)10-8-9-2-4-14-8/h2,4,11H,1,3,5-6H2,(H,9,10,12). The molecule has 1 heterocycles. The first kappa shape index (κ1) is 12.3. The smallest absolute Gasteiger partial charge is 0.238 e. The Hall–Kier alpha value is -0.790. The van der Waals surface area contributed by atoms with Crippen molar-refractivity contribution in [1.29, 1.82) is 0 Å². The van der Waals surface area contributed by atoms with Crippen LogP contribution in [0.15, 0.2) is 11.6 Å². The number of aliphatic hydroxyl groups excluding tert-OH is 1. The summed E-state index contributed by atoms with van der Waals surface area (Å²) < 4.78 is 11.3. The third-order valence-corrected chi connectivity index (χ3v) is 3.52. The molecule has 2 N–H and O–H groups in total. The minimum Gasteiger partial charge on any atom is -0.396 e. The van der Waals surface area contributed by atoms with Crippen LogP contribution in [0.4, 0.5) is 5.13 Å². The highest BCUT2D eigenvalue weighted by molar-refractivity contribution is 7.85. The highest BCUT2D eigenvalue weighted by Crippen LogP contribution is 2.09. The number of thiazole rings is 1. The molecule has 0 saturated carbocycles. The van der Waals surface area contributed by atoms with Gasteiger partial charge in [-0.05, 0) is 6.42 Å². The van der Waals surface area contributed by atoms with Crippen LogP contribution in [0.2, 0.25) is 0 Å². The second-order valence-corrected chi connectivity index (χ2v) is 5.22. The van der Waals surface area contributed by atoms with Crippen molar-refractivity contribution in [2.75, 3.05) is 23.4 Å². The Labute approximate surface area is 94.0 Å². The topological polar surface area (TPSA) is 79.3 Å². The molecule has 0 aliphatic rings. The maximum Gasteiger partial charge on any atom is 0.238 e. The molecule has 1 atom stereocenters. The first-order chi connectivity index (χ1) is 7.22. The van der Waals surface area contributed by atoms with Crippen molar-refractivity contribution >= 4 is 33.2 Å². The Kier molecular flexibility index (Phi) is 5.44. The number of anilines is 1. The van der Waals surface area contributed by atoms with E-state index < -0.39 is 10.8 Å². The van der Waals surface area contributed by atoms with E-state index in [9.17, 15) is 9.00 Å². The lowest BCUT2D eigenvalue weighted by molar-refractivity contribution is -0.113. The van der Waals surface area contributed by atoms with Crippen LogP contribution in [-0.4, -0.2) is 38.3 Å². The van der Waals surface area contributed by atoms with E-state index in [4.69, 9.17) is 5.11 Å². The van der Waals surface area contributed by atoms with E-state index >= 15 is 0 Å². The van der Waals surface area contributed by atoms with Gasteiger partial charge in [0, 0.05) is 34.7 Å². The third-order valence-electron chi connectivity index (χ3n) is 1.50. The summed E-state index contributed by atoms with van der Waals surface area (Å²) in [4.78, 5) is 15.2. The first-order valence-corrected chi connectivity index (χ1v) is 6.74. The first-order valence-electron chi connectivity index (χ1n) is 4.37. The molecule has 1 aromatic heterocycles. The van der Waals surface area contributed by atoms with Crippen LogP contribution in [0.3, 0.4) is 0 Å². The number of rotatable bonds is 6. The summed E-state index contributed by atoms with van der Waals surface area (Å²) >= 11 is 1.31. The van der Waals surface area contributed by atoms with Crippen LogP contribution in [0.1, 0.15) is 6.42 Å². The summed E-state index contributed by atoms with van der Waals surface area (Å²) in [6.07, 6.45) is 2.04. The van der Waals surface area contributed by atoms with Gasteiger partial charge in [0.1, 0.15) is 5.75 Å². The molecule has 1 unspecified atom stereocenters. The number of nitrogens with one attached hydrogen (secondary N) is 1. The van der Waals surface area contributed by atoms with Crippen molar-refractivity contribution in [2.45, 2.75) is 6.42 Å². The summed E-state index contributed by atoms with van der Waals surface area (Å²) in [5.41, 5.74) is 0. The number of carbonyl (C=O) groups excluding carboxylic acids is 1. The molecule has 7 heteroatoms. The van der Waals surface area contributed by atoms with E-state index in [1.807, 2.05) is 0 Å². The van der Waals surface area contributed by atoms with E-state index in [2.05, 4.69) is 10.3 Å². The minimum absolute atomic E-state index is 0.000159. The van der Waals surface area contributed by atoms with Crippen LogP contribution in [-0.2, 0) is 15.6 Å². The SMILES string of the molecule is O=C(CS(=O)CCCO)Nc1nccs1. The number of aromatic nitrogens is 1. The molecular formula is C8H12N2O3S2. The highest BCUT2D eigenvalue weighted by atomic mass is 32.2. The molecule has 0 aliphatic carbocycles. The average molecular weight is 248 g/mol. The summed E-state index contributed by atoms with van der Waals surface area (Å²) in [6, 6.07) is 0. The van der Waals surface area contributed by atoms with Crippen molar-refractivity contribution in [3.63, 3.8) is 0 Å². The number of amides is 1. The molecule has 1 amide bonds. The highest BCUT2D eigenvalue weighted by Gasteiger charge is 2.08. The van der Waals surface area contributed by atoms with Crippen molar-refractivity contribution < 1.29 is 14.1 Å². The van der Waals surface area contributed by atoms with Crippen LogP contribution in [0, 0.1) is 0 Å². The third kappa shape index (κ3) is 5.01. The Bertz CT molecular complexity index is 327. The zero-order valence-corrected chi connectivity index (χ0v) is 9.64. The Morgan fingerprint density at radius 3 is 3.07 bits per heavy atom. The van der Waals surface area contributed by atoms with Crippen molar-refractivity contribution in [3.8, 4) is 0 Å². The number of carbonyl (C=O) groups is 1. The molecule has 0 fully saturated rings. The van der Waals surface area contributed by atoms with Crippen LogP contribution >= 0.6 is 11.3 Å². The fourth-order valence-electron chi connectivity index (χ4n) is 0.884. The minimum atomic E-state index is -1.21. The van der Waals surface area contributed by atoms with Crippen LogP contribution in [0.5, 0.6) is 0 Å². The van der Waals surface area contributed by atoms with Gasteiger partial charge in [0.25, 0.3) is 0 Å². The predicted octanol–water partition coefficient (Wildman–Crippen LogP) is 0.213. The lowest BCUT2D eigenvalue weighted by Gasteiger charge is -2.01. The van der Waals surface area contributed by atoms with Gasteiger partial charge in [0.2, 0.25) is 5.91 Å². The quantitative estimate of drug-likeness (QED) is 0.754. The van der Waals surface area contributed by atoms with Crippen molar-refractivity contribution in [1.82, 2.24) is 4.98 Å². The number of hydrogen-bond donors (Lipinski definition) is 2. The molecule has 0 radical (unpaired) electrons. The lowest BCUT2D eigenvalue weighted by Crippen LogP contribution is -2.20. The van der Waals surface area contributed by atoms with E-state index in [-0.39, 0.29) is 18.3 Å². The summed E-state index contributed by atoms with van der Waals surface area (Å²) in [5.74, 6) is 0.00249. The maximum absolute atomic E-state index is 11.3. The second-order valence-electron chi connectivity index (χ2n) is 2.75. The zero-order valence-electron chi connectivity index (χ0n) is 8.01. The fraction of sp³-hybridized carbons (Fsp3) is 0.500. The van der Waals surface area contributed by atoms with E-state index in [1.54, 1.807) is 11.6 Å². The molecule has 5 nitrogen and oxygen atoms in total. The van der Waals surface area contributed by atoms with Gasteiger partial charge >= 0.3 is 0 Å². The molecule has 84 valence electrons. The molecule has 1 rings (SSSR count). The number of aliphatic hydroxyl groups is 1. The van der Waals surface area contributed by atoms with E-state index in [1.165, 1.54) is 11.3 Å². The van der Waals surface area contributed by atoms with Gasteiger partial charge in [-0.25, -0.2) is 4.98 Å². The van der Waals surface area contributed by atoms with Gasteiger partial charge in [-0.15, -0.1) is 11.3 Å². The van der Waals surface area contributed by atoms with Crippen LogP contribution in [0.25, 0.3) is 0 Å². The molecule has 0 bridgehead atoms. The number of nitrogens with zero attached hydrogens (tertiary/aromatic N) is 1. The van der Waals surface area contributed by atoms with Gasteiger partial charge < -0.3 is 10.4 Å². The van der Waals surface area contributed by atoms with Crippen molar-refractivity contribution in [3.05, 3.63) is 11.6 Å². The van der Waals surface area contributed by atoms with Gasteiger partial charge in [0.05, 0.1) is 0 Å². The van der Waals surface area contributed by atoms with Gasteiger partial charge in [-0.1, -0.05) is 0 Å². The Balaban J connectivity index is 2.27. The van der Waals surface area contributed by atoms with Crippen molar-refractivity contribution in [2.24, 2.45) is 0 Å². The van der Waals surface area contributed by atoms with E-state index in [0.29, 0.717) is 17.3 Å². The molecule has 0 saturated heterocycles. The summed E-state index contributed by atoms with van der Waals surface area (Å²) in [6.45, 7) is -0.000159. The van der Waals surface area contributed by atoms with Crippen LogP contribution < -0.4 is 5.32 Å². The Morgan fingerprint density at radius 1 is 1.67 bits per heavy atom. The fourth-order valence-corrected chi connectivity index (χ4v) is 2.39. The largest absolute Gasteiger partial charge is 0.396 e. The normalized spacial score (nSPS) is 12.3. The average Bonchev–Trinajstić information content (AvgIpc) is 2.67. The molecule has 0 aromatic carbocycles. The monoisotopic (exact) mass is 248 g/mol. The van der Waals surface area contributed by atoms with Gasteiger partial charge in [-0.2, -0.15) is 0 Å². The molecule has 15 heavy (non-hydrogen) atoms. The second kappa shape index (κ2) is 6.65. The molecule has 0 aliphatic heterocycles. The van der Waals surface area contributed by atoms with Gasteiger partial charge in [0.15, 0.2) is 5.13 Å². The zero-order chi connectivity index (χ0) is 11.1. The number of hydrogen-bond acceptors (Lipinski definition) is 5. The summed E-state index contributed by atoms with van der Waals surface area (Å²) in [5, 5.41) is 13.3. The lowest BCUT2D eigenvalue weighted by atomic mass is 10.5. The predicted molar refractivity (Wildman–Crippen MR) is 60.3 cm³/mol.